The predicted molar refractivity (Wildman–Crippen MR) is 123 cm³/mol. The Kier molecular flexibility index (Phi) is 6.64. The van der Waals surface area contributed by atoms with Gasteiger partial charge in [-0.05, 0) is 49.7 Å². The normalized spacial score (nSPS) is 19.7. The topological polar surface area (TPSA) is 114 Å². The molecule has 2 amide bonds. The molecule has 4 rings (SSSR count). The first kappa shape index (κ1) is 22.8. The third-order valence-electron chi connectivity index (χ3n) is 5.37. The highest BCUT2D eigenvalue weighted by atomic mass is 32.2. The lowest BCUT2D eigenvalue weighted by Gasteiger charge is -2.27. The first-order valence-corrected chi connectivity index (χ1v) is 12.6. The Morgan fingerprint density at radius 1 is 1.12 bits per heavy atom. The molecule has 0 aliphatic carbocycles. The Bertz CT molecular complexity index is 1180. The number of carbonyl (C=O) groups is 2. The van der Waals surface area contributed by atoms with E-state index in [4.69, 9.17) is 9.47 Å². The van der Waals surface area contributed by atoms with E-state index in [0.717, 1.165) is 5.75 Å². The van der Waals surface area contributed by atoms with Crippen molar-refractivity contribution >= 4 is 33.1 Å². The molecular formula is C23H25N3O6S. The zero-order chi connectivity index (χ0) is 23.4. The highest BCUT2D eigenvalue weighted by Crippen LogP contribution is 2.31. The fraction of sp³-hybridized carbons (Fsp3) is 0.348. The van der Waals surface area contributed by atoms with Gasteiger partial charge >= 0.3 is 0 Å². The molecule has 174 valence electrons. The van der Waals surface area contributed by atoms with Crippen LogP contribution in [0.25, 0.3) is 0 Å². The summed E-state index contributed by atoms with van der Waals surface area (Å²) < 4.78 is 35.0. The Hall–Kier alpha value is -3.40. The molecule has 2 aromatic carbocycles. The highest BCUT2D eigenvalue weighted by Gasteiger charge is 2.37. The Morgan fingerprint density at radius 3 is 2.55 bits per heavy atom. The zero-order valence-electron chi connectivity index (χ0n) is 18.2. The van der Waals surface area contributed by atoms with Gasteiger partial charge in [-0.15, -0.1) is 0 Å². The van der Waals surface area contributed by atoms with Crippen LogP contribution < -0.4 is 14.8 Å². The molecule has 0 spiro atoms. The fourth-order valence-corrected chi connectivity index (χ4v) is 5.43. The molecule has 33 heavy (non-hydrogen) atoms. The second-order valence-electron chi connectivity index (χ2n) is 7.80. The molecule has 9 nitrogen and oxygen atoms in total. The summed E-state index contributed by atoms with van der Waals surface area (Å²) >= 11 is 0. The van der Waals surface area contributed by atoms with Gasteiger partial charge in [0.15, 0.2) is 15.6 Å². The number of anilines is 1. The van der Waals surface area contributed by atoms with E-state index in [9.17, 15) is 18.0 Å². The number of nitrogens with one attached hydrogen (secondary N) is 1. The second kappa shape index (κ2) is 9.62. The van der Waals surface area contributed by atoms with Crippen LogP contribution in [0.2, 0.25) is 0 Å². The molecule has 10 heteroatoms. The molecule has 0 saturated carbocycles. The monoisotopic (exact) mass is 471 g/mol. The van der Waals surface area contributed by atoms with Crippen molar-refractivity contribution in [2.24, 2.45) is 5.10 Å². The third-order valence-corrected chi connectivity index (χ3v) is 7.12. The lowest BCUT2D eigenvalue weighted by molar-refractivity contribution is -0.133. The summed E-state index contributed by atoms with van der Waals surface area (Å²) in [7, 11) is -3.18. The maximum Gasteiger partial charge on any atom is 0.271 e. The standard InChI is InChI=1S/C23H25N3O6S/c1-2-31-17-7-9-18(10-8-17)32-21-6-4-3-5-19(21)24-23(28)20-11-12-22(27)26(25-20)16-13-14-33(29,30)15-16/h3-10,16H,2,11-15H2,1H3,(H,24,28)/t16-/m0/s1. The van der Waals surface area contributed by atoms with Crippen LogP contribution in [-0.2, 0) is 19.4 Å². The first-order valence-electron chi connectivity index (χ1n) is 10.8. The number of para-hydroxylation sites is 2. The molecule has 0 unspecified atom stereocenters. The molecule has 1 N–H and O–H groups in total. The molecule has 1 atom stereocenters. The van der Waals surface area contributed by atoms with Crippen molar-refractivity contribution in [1.82, 2.24) is 5.01 Å². The van der Waals surface area contributed by atoms with E-state index in [-0.39, 0.29) is 36.0 Å². The molecule has 2 heterocycles. The first-order chi connectivity index (χ1) is 15.8. The van der Waals surface area contributed by atoms with E-state index in [1.807, 2.05) is 6.92 Å². The summed E-state index contributed by atoms with van der Waals surface area (Å²) in [5.41, 5.74) is 0.626. The minimum absolute atomic E-state index is 0.0226. The molecule has 2 aliphatic heterocycles. The van der Waals surface area contributed by atoms with E-state index in [0.29, 0.717) is 30.2 Å². The number of nitrogens with zero attached hydrogens (tertiary/aromatic N) is 2. The lowest BCUT2D eigenvalue weighted by atomic mass is 10.1. The largest absolute Gasteiger partial charge is 0.494 e. The molecule has 0 radical (unpaired) electrons. The molecule has 1 fully saturated rings. The van der Waals surface area contributed by atoms with Crippen molar-refractivity contribution in [3.05, 3.63) is 48.5 Å². The van der Waals surface area contributed by atoms with Crippen LogP contribution in [-0.4, -0.2) is 55.1 Å². The molecule has 0 aromatic heterocycles. The predicted octanol–water partition coefficient (Wildman–Crippen LogP) is 2.98. The molecule has 1 saturated heterocycles. The van der Waals surface area contributed by atoms with Gasteiger partial charge in [0.25, 0.3) is 5.91 Å². The van der Waals surface area contributed by atoms with Gasteiger partial charge in [-0.1, -0.05) is 12.1 Å². The van der Waals surface area contributed by atoms with Gasteiger partial charge in [0.05, 0.1) is 29.8 Å². The fourth-order valence-electron chi connectivity index (χ4n) is 3.74. The quantitative estimate of drug-likeness (QED) is 0.664. The maximum atomic E-state index is 12.9. The SMILES string of the molecule is CCOc1ccc(Oc2ccccc2NC(=O)C2=NN([C@H]3CCS(=O)(=O)C3)C(=O)CC2)cc1. The number of hydrogen-bond donors (Lipinski definition) is 1. The Morgan fingerprint density at radius 2 is 1.85 bits per heavy atom. The van der Waals surface area contributed by atoms with Crippen molar-refractivity contribution in [2.75, 3.05) is 23.4 Å². The van der Waals surface area contributed by atoms with Crippen LogP contribution >= 0.6 is 0 Å². The maximum absolute atomic E-state index is 12.9. The highest BCUT2D eigenvalue weighted by molar-refractivity contribution is 7.91. The van der Waals surface area contributed by atoms with Gasteiger partial charge in [0.1, 0.15) is 17.2 Å². The molecule has 2 aromatic rings. The van der Waals surface area contributed by atoms with Crippen molar-refractivity contribution in [2.45, 2.75) is 32.2 Å². The number of hydrazone groups is 1. The van der Waals surface area contributed by atoms with Gasteiger partial charge in [-0.25, -0.2) is 13.4 Å². The summed E-state index contributed by atoms with van der Waals surface area (Å²) in [6, 6.07) is 13.6. The molecule has 0 bridgehead atoms. The minimum atomic E-state index is -3.18. The number of benzene rings is 2. The van der Waals surface area contributed by atoms with Crippen molar-refractivity contribution in [3.8, 4) is 17.2 Å². The summed E-state index contributed by atoms with van der Waals surface area (Å²) in [5.74, 6) is 0.917. The van der Waals surface area contributed by atoms with E-state index in [1.54, 1.807) is 48.5 Å². The zero-order valence-corrected chi connectivity index (χ0v) is 19.0. The number of ether oxygens (including phenoxy) is 2. The van der Waals surface area contributed by atoms with Crippen LogP contribution in [0.3, 0.4) is 0 Å². The van der Waals surface area contributed by atoms with Crippen LogP contribution in [0.15, 0.2) is 53.6 Å². The van der Waals surface area contributed by atoms with Gasteiger partial charge in [-0.2, -0.15) is 5.10 Å². The van der Waals surface area contributed by atoms with Gasteiger partial charge in [-0.3, -0.25) is 9.59 Å². The van der Waals surface area contributed by atoms with Crippen LogP contribution in [0.4, 0.5) is 5.69 Å². The number of hydrogen-bond acceptors (Lipinski definition) is 7. The van der Waals surface area contributed by atoms with Crippen LogP contribution in [0, 0.1) is 0 Å². The van der Waals surface area contributed by atoms with E-state index in [1.165, 1.54) is 5.01 Å². The van der Waals surface area contributed by atoms with Crippen LogP contribution in [0.1, 0.15) is 26.2 Å². The Balaban J connectivity index is 1.48. The number of sulfone groups is 1. The van der Waals surface area contributed by atoms with Crippen LogP contribution in [0.5, 0.6) is 17.2 Å². The molecular weight excluding hydrogens is 446 g/mol. The minimum Gasteiger partial charge on any atom is -0.494 e. The summed E-state index contributed by atoms with van der Waals surface area (Å²) in [6.45, 7) is 2.48. The number of carbonyl (C=O) groups excluding carboxylic acids is 2. The van der Waals surface area contributed by atoms with Crippen molar-refractivity contribution < 1.29 is 27.5 Å². The van der Waals surface area contributed by atoms with E-state index in [2.05, 4.69) is 10.4 Å². The average Bonchev–Trinajstić information content (AvgIpc) is 3.16. The lowest BCUT2D eigenvalue weighted by Crippen LogP contribution is -2.42. The van der Waals surface area contributed by atoms with E-state index >= 15 is 0 Å². The number of rotatable bonds is 7. The van der Waals surface area contributed by atoms with Crippen molar-refractivity contribution in [1.29, 1.82) is 0 Å². The smallest absolute Gasteiger partial charge is 0.271 e. The number of amides is 2. The summed E-state index contributed by atoms with van der Waals surface area (Å²) in [6.07, 6.45) is 0.612. The van der Waals surface area contributed by atoms with Gasteiger partial charge in [0.2, 0.25) is 5.91 Å². The van der Waals surface area contributed by atoms with Gasteiger partial charge < -0.3 is 14.8 Å². The van der Waals surface area contributed by atoms with E-state index < -0.39 is 21.8 Å². The Labute approximate surface area is 192 Å². The average molecular weight is 472 g/mol. The van der Waals surface area contributed by atoms with Crippen molar-refractivity contribution in [3.63, 3.8) is 0 Å². The second-order valence-corrected chi connectivity index (χ2v) is 10.0. The summed E-state index contributed by atoms with van der Waals surface area (Å²) in [4.78, 5) is 25.2. The third kappa shape index (κ3) is 5.51. The van der Waals surface area contributed by atoms with Gasteiger partial charge in [0, 0.05) is 12.8 Å². The summed E-state index contributed by atoms with van der Waals surface area (Å²) in [5, 5.41) is 8.19. The molecule has 2 aliphatic rings.